The Hall–Kier alpha value is -2.25. The molecule has 0 aliphatic carbocycles. The van der Waals surface area contributed by atoms with Gasteiger partial charge in [0.2, 0.25) is 5.88 Å². The molecule has 1 aliphatic rings. The molecule has 2 aromatic carbocycles. The van der Waals surface area contributed by atoms with Gasteiger partial charge in [0.1, 0.15) is 5.75 Å². The summed E-state index contributed by atoms with van der Waals surface area (Å²) in [6.07, 6.45) is 1.98. The molecule has 1 aromatic heterocycles. The number of rotatable bonds is 7. The predicted octanol–water partition coefficient (Wildman–Crippen LogP) is 5.97. The Morgan fingerprint density at radius 1 is 1.06 bits per heavy atom. The van der Waals surface area contributed by atoms with Crippen molar-refractivity contribution in [2.24, 2.45) is 0 Å². The van der Waals surface area contributed by atoms with Gasteiger partial charge in [-0.2, -0.15) is 9.78 Å². The second-order valence-corrected chi connectivity index (χ2v) is 8.76. The molecule has 0 saturated carbocycles. The van der Waals surface area contributed by atoms with Crippen LogP contribution in [0.2, 0.25) is 15.1 Å². The number of amides is 1. The molecule has 4 rings (SSSR count). The van der Waals surface area contributed by atoms with Crippen molar-refractivity contribution in [2.45, 2.75) is 26.3 Å². The summed E-state index contributed by atoms with van der Waals surface area (Å²) in [7, 11) is 0. The van der Waals surface area contributed by atoms with E-state index in [1.165, 1.54) is 0 Å². The monoisotopic (exact) mass is 492 g/mol. The molecule has 1 aliphatic heterocycles. The van der Waals surface area contributed by atoms with Crippen molar-refractivity contribution in [3.05, 3.63) is 68.8 Å². The van der Waals surface area contributed by atoms with Crippen LogP contribution >= 0.6 is 34.8 Å². The highest BCUT2D eigenvalue weighted by molar-refractivity contribution is 6.35. The molecular formula is C23H23Cl3N4O2. The fraction of sp³-hybridized carbons (Fsp3) is 0.304. The summed E-state index contributed by atoms with van der Waals surface area (Å²) in [6.45, 7) is 4.59. The second-order valence-electron chi connectivity index (χ2n) is 7.48. The number of nitrogens with zero attached hydrogens (tertiary/aromatic N) is 3. The molecule has 0 atom stereocenters. The Balaban J connectivity index is 1.87. The summed E-state index contributed by atoms with van der Waals surface area (Å²) in [5.74, 6) is 0.874. The number of aromatic nitrogens is 2. The van der Waals surface area contributed by atoms with Gasteiger partial charge < -0.3 is 15.0 Å². The molecule has 1 fully saturated rings. The molecule has 0 spiro atoms. The van der Waals surface area contributed by atoms with Crippen LogP contribution in [-0.2, 0) is 6.54 Å². The molecule has 6 nitrogen and oxygen atoms in total. The van der Waals surface area contributed by atoms with Gasteiger partial charge >= 0.3 is 0 Å². The highest BCUT2D eigenvalue weighted by Crippen LogP contribution is 2.35. The van der Waals surface area contributed by atoms with Gasteiger partial charge in [-0.05, 0) is 61.9 Å². The van der Waals surface area contributed by atoms with Crippen LogP contribution in [0.15, 0.2) is 42.5 Å². The number of ether oxygens (including phenoxy) is 1. The zero-order valence-corrected chi connectivity index (χ0v) is 19.8. The second kappa shape index (κ2) is 10.1. The number of likely N-dealkylation sites (tertiary alicyclic amines) is 1. The van der Waals surface area contributed by atoms with Crippen molar-refractivity contribution in [3.63, 3.8) is 0 Å². The molecule has 3 aromatic rings. The third kappa shape index (κ3) is 4.89. The molecule has 1 amide bonds. The van der Waals surface area contributed by atoms with E-state index in [-0.39, 0.29) is 5.91 Å². The van der Waals surface area contributed by atoms with Crippen LogP contribution in [0.25, 0.3) is 5.69 Å². The molecule has 0 bridgehead atoms. The SMILES string of the molecule is CCNCc1c(C(=O)N2CCCC2)nn(-c2ccc(Cl)cc2Cl)c1Oc1ccc(Cl)cc1. The first-order valence-corrected chi connectivity index (χ1v) is 11.6. The van der Waals surface area contributed by atoms with E-state index in [0.29, 0.717) is 50.2 Å². The molecule has 32 heavy (non-hydrogen) atoms. The minimum Gasteiger partial charge on any atom is -0.439 e. The molecular weight excluding hydrogens is 471 g/mol. The van der Waals surface area contributed by atoms with Gasteiger partial charge in [-0.25, -0.2) is 0 Å². The number of halogens is 3. The Kier molecular flexibility index (Phi) is 7.26. The van der Waals surface area contributed by atoms with E-state index < -0.39 is 0 Å². The van der Waals surface area contributed by atoms with Gasteiger partial charge in [0.15, 0.2) is 5.69 Å². The maximum Gasteiger partial charge on any atom is 0.274 e. The van der Waals surface area contributed by atoms with E-state index in [1.54, 1.807) is 47.1 Å². The van der Waals surface area contributed by atoms with Crippen molar-refractivity contribution < 1.29 is 9.53 Å². The van der Waals surface area contributed by atoms with Gasteiger partial charge in [0.05, 0.1) is 16.3 Å². The molecule has 0 radical (unpaired) electrons. The summed E-state index contributed by atoms with van der Waals surface area (Å²) < 4.78 is 7.84. The van der Waals surface area contributed by atoms with Crippen LogP contribution in [-0.4, -0.2) is 40.2 Å². The van der Waals surface area contributed by atoms with Crippen LogP contribution in [0.5, 0.6) is 11.6 Å². The lowest BCUT2D eigenvalue weighted by Gasteiger charge is -2.15. The zero-order valence-electron chi connectivity index (χ0n) is 17.6. The molecule has 168 valence electrons. The van der Waals surface area contributed by atoms with E-state index >= 15 is 0 Å². The summed E-state index contributed by atoms with van der Waals surface area (Å²) in [4.78, 5) is 15.2. The molecule has 0 unspecified atom stereocenters. The van der Waals surface area contributed by atoms with Crippen molar-refractivity contribution in [2.75, 3.05) is 19.6 Å². The van der Waals surface area contributed by atoms with E-state index in [1.807, 2.05) is 11.8 Å². The third-order valence-electron chi connectivity index (χ3n) is 5.25. The first kappa shape index (κ1) is 22.9. The topological polar surface area (TPSA) is 59.4 Å². The fourth-order valence-electron chi connectivity index (χ4n) is 3.62. The summed E-state index contributed by atoms with van der Waals surface area (Å²) in [6, 6.07) is 12.1. The Labute approximate surface area is 202 Å². The van der Waals surface area contributed by atoms with Crippen LogP contribution in [0.4, 0.5) is 0 Å². The Bertz CT molecular complexity index is 1110. The van der Waals surface area contributed by atoms with Crippen LogP contribution in [0.1, 0.15) is 35.8 Å². The van der Waals surface area contributed by atoms with E-state index in [2.05, 4.69) is 10.4 Å². The quantitative estimate of drug-likeness (QED) is 0.440. The number of nitrogens with one attached hydrogen (secondary N) is 1. The largest absolute Gasteiger partial charge is 0.439 e. The Morgan fingerprint density at radius 3 is 2.41 bits per heavy atom. The minimum atomic E-state index is -0.111. The minimum absolute atomic E-state index is 0.111. The lowest BCUT2D eigenvalue weighted by atomic mass is 10.2. The fourth-order valence-corrected chi connectivity index (χ4v) is 4.24. The van der Waals surface area contributed by atoms with Crippen molar-refractivity contribution in [1.82, 2.24) is 20.0 Å². The lowest BCUT2D eigenvalue weighted by Crippen LogP contribution is -2.29. The van der Waals surface area contributed by atoms with E-state index in [0.717, 1.165) is 32.5 Å². The molecule has 9 heteroatoms. The van der Waals surface area contributed by atoms with Gasteiger partial charge in [-0.1, -0.05) is 41.7 Å². The third-order valence-corrected chi connectivity index (χ3v) is 6.04. The molecule has 1 saturated heterocycles. The first-order chi connectivity index (χ1) is 15.5. The number of hydrogen-bond acceptors (Lipinski definition) is 4. The smallest absolute Gasteiger partial charge is 0.274 e. The number of carbonyl (C=O) groups excluding carboxylic acids is 1. The van der Waals surface area contributed by atoms with Gasteiger partial charge in [-0.15, -0.1) is 0 Å². The zero-order chi connectivity index (χ0) is 22.7. The summed E-state index contributed by atoms with van der Waals surface area (Å²) >= 11 is 18.6. The highest BCUT2D eigenvalue weighted by Gasteiger charge is 2.30. The van der Waals surface area contributed by atoms with Crippen LogP contribution in [0, 0.1) is 0 Å². The normalized spacial score (nSPS) is 13.6. The van der Waals surface area contributed by atoms with Gasteiger partial charge in [0, 0.05) is 29.7 Å². The summed E-state index contributed by atoms with van der Waals surface area (Å²) in [5.41, 5.74) is 1.59. The summed E-state index contributed by atoms with van der Waals surface area (Å²) in [5, 5.41) is 9.49. The number of benzene rings is 2. The highest BCUT2D eigenvalue weighted by atomic mass is 35.5. The van der Waals surface area contributed by atoms with Crippen molar-refractivity contribution in [1.29, 1.82) is 0 Å². The van der Waals surface area contributed by atoms with E-state index in [9.17, 15) is 4.79 Å². The number of carbonyl (C=O) groups is 1. The Morgan fingerprint density at radius 2 is 1.75 bits per heavy atom. The molecule has 2 heterocycles. The lowest BCUT2D eigenvalue weighted by molar-refractivity contribution is 0.0785. The first-order valence-electron chi connectivity index (χ1n) is 10.5. The van der Waals surface area contributed by atoms with Crippen LogP contribution in [0.3, 0.4) is 0 Å². The number of hydrogen-bond donors (Lipinski definition) is 1. The maximum atomic E-state index is 13.4. The van der Waals surface area contributed by atoms with Gasteiger partial charge in [0.25, 0.3) is 5.91 Å². The average Bonchev–Trinajstić information content (AvgIpc) is 3.42. The van der Waals surface area contributed by atoms with E-state index in [4.69, 9.17) is 39.5 Å². The predicted molar refractivity (Wildman–Crippen MR) is 128 cm³/mol. The van der Waals surface area contributed by atoms with Gasteiger partial charge in [-0.3, -0.25) is 4.79 Å². The van der Waals surface area contributed by atoms with Crippen LogP contribution < -0.4 is 10.1 Å². The average molecular weight is 494 g/mol. The molecule has 1 N–H and O–H groups in total. The maximum absolute atomic E-state index is 13.4. The standard InChI is InChI=1S/C23H23Cl3N4O2/c1-2-27-14-18-21(22(31)29-11-3-4-12-29)28-30(20-10-7-16(25)13-19(20)26)23(18)32-17-8-5-15(24)6-9-17/h5-10,13,27H,2-4,11-12,14H2,1H3. The van der Waals surface area contributed by atoms with Crippen molar-refractivity contribution >= 4 is 40.7 Å². The van der Waals surface area contributed by atoms with Crippen molar-refractivity contribution in [3.8, 4) is 17.3 Å².